The molecule has 0 bridgehead atoms. The van der Waals surface area contributed by atoms with E-state index in [4.69, 9.17) is 5.73 Å². The second kappa shape index (κ2) is 4.84. The van der Waals surface area contributed by atoms with Gasteiger partial charge in [-0.2, -0.15) is 0 Å². The molecule has 0 aromatic carbocycles. The van der Waals surface area contributed by atoms with Gasteiger partial charge >= 0.3 is 0 Å². The number of hydrogen-bond donors (Lipinski definition) is 1. The highest BCUT2D eigenvalue weighted by Gasteiger charge is 2.05. The summed E-state index contributed by atoms with van der Waals surface area (Å²) in [5, 5.41) is 0. The molecule has 1 rings (SSSR count). The summed E-state index contributed by atoms with van der Waals surface area (Å²) in [5.41, 5.74) is 6.80. The van der Waals surface area contributed by atoms with Crippen LogP contribution in [0.25, 0.3) is 0 Å². The van der Waals surface area contributed by atoms with Crippen molar-refractivity contribution in [2.24, 2.45) is 5.92 Å². The minimum absolute atomic E-state index is 0.610. The number of nitrogens with two attached hydrogens (primary N) is 1. The summed E-state index contributed by atoms with van der Waals surface area (Å²) in [5.74, 6) is 1.33. The Labute approximate surface area is 85.9 Å². The van der Waals surface area contributed by atoms with Crippen molar-refractivity contribution < 1.29 is 0 Å². The largest absolute Gasteiger partial charge is 0.382 e. The fraction of sp³-hybridized carbons (Fsp3) is 0.545. The Bertz CT molecular complexity index is 284. The summed E-state index contributed by atoms with van der Waals surface area (Å²) in [4.78, 5) is 6.22. The third kappa shape index (κ3) is 2.91. The van der Waals surface area contributed by atoms with Crippen LogP contribution in [-0.2, 0) is 0 Å². The highest BCUT2D eigenvalue weighted by Crippen LogP contribution is 2.19. The Balaban J connectivity index is 2.60. The Kier molecular flexibility index (Phi) is 3.74. The topological polar surface area (TPSA) is 42.2 Å². The van der Waals surface area contributed by atoms with E-state index in [-0.39, 0.29) is 0 Å². The predicted molar refractivity (Wildman–Crippen MR) is 61.4 cm³/mol. The SMILES string of the molecule is CC(C)CCN(C)c1cccnc1N. The van der Waals surface area contributed by atoms with E-state index in [0.29, 0.717) is 5.82 Å². The number of nitrogen functional groups attached to an aromatic ring is 1. The van der Waals surface area contributed by atoms with Crippen molar-refractivity contribution in [2.75, 3.05) is 24.2 Å². The van der Waals surface area contributed by atoms with Crippen LogP contribution in [0.3, 0.4) is 0 Å². The van der Waals surface area contributed by atoms with Gasteiger partial charge in [0.05, 0.1) is 5.69 Å². The van der Waals surface area contributed by atoms with Gasteiger partial charge in [0, 0.05) is 19.8 Å². The van der Waals surface area contributed by atoms with Crippen molar-refractivity contribution in [3.8, 4) is 0 Å². The maximum atomic E-state index is 5.78. The summed E-state index contributed by atoms with van der Waals surface area (Å²) in [6.07, 6.45) is 2.89. The Morgan fingerprint density at radius 1 is 1.50 bits per heavy atom. The van der Waals surface area contributed by atoms with Crippen LogP contribution in [0, 0.1) is 5.92 Å². The van der Waals surface area contributed by atoms with E-state index in [1.165, 1.54) is 6.42 Å². The van der Waals surface area contributed by atoms with Crippen LogP contribution in [-0.4, -0.2) is 18.6 Å². The molecule has 2 N–H and O–H groups in total. The van der Waals surface area contributed by atoms with E-state index in [1.54, 1.807) is 6.20 Å². The van der Waals surface area contributed by atoms with Gasteiger partial charge in [0.2, 0.25) is 0 Å². The molecule has 0 amide bonds. The molecule has 3 heteroatoms. The number of hydrogen-bond acceptors (Lipinski definition) is 3. The smallest absolute Gasteiger partial charge is 0.146 e. The van der Waals surface area contributed by atoms with Crippen LogP contribution in [0.15, 0.2) is 18.3 Å². The first-order valence-corrected chi connectivity index (χ1v) is 5.03. The maximum Gasteiger partial charge on any atom is 0.146 e. The number of nitrogens with zero attached hydrogens (tertiary/aromatic N) is 2. The molecule has 0 saturated carbocycles. The van der Waals surface area contributed by atoms with E-state index in [0.717, 1.165) is 18.2 Å². The van der Waals surface area contributed by atoms with Crippen LogP contribution < -0.4 is 10.6 Å². The summed E-state index contributed by atoms with van der Waals surface area (Å²) < 4.78 is 0. The maximum absolute atomic E-state index is 5.78. The van der Waals surface area contributed by atoms with Gasteiger partial charge in [-0.25, -0.2) is 4.98 Å². The summed E-state index contributed by atoms with van der Waals surface area (Å²) in [7, 11) is 2.05. The Morgan fingerprint density at radius 2 is 2.21 bits per heavy atom. The molecule has 1 heterocycles. The van der Waals surface area contributed by atoms with Gasteiger partial charge in [0.1, 0.15) is 5.82 Å². The molecule has 0 saturated heterocycles. The third-order valence-corrected chi connectivity index (χ3v) is 2.27. The Morgan fingerprint density at radius 3 is 2.79 bits per heavy atom. The van der Waals surface area contributed by atoms with Crippen molar-refractivity contribution in [3.63, 3.8) is 0 Å². The molecule has 1 aromatic rings. The third-order valence-electron chi connectivity index (χ3n) is 2.27. The average molecular weight is 193 g/mol. The molecule has 14 heavy (non-hydrogen) atoms. The molecule has 3 nitrogen and oxygen atoms in total. The van der Waals surface area contributed by atoms with Crippen molar-refractivity contribution in [1.29, 1.82) is 0 Å². The van der Waals surface area contributed by atoms with E-state index in [2.05, 4.69) is 30.8 Å². The quantitative estimate of drug-likeness (QED) is 0.796. The highest BCUT2D eigenvalue weighted by atomic mass is 15.1. The molecule has 0 atom stereocenters. The molecule has 0 aliphatic heterocycles. The lowest BCUT2D eigenvalue weighted by molar-refractivity contribution is 0.585. The lowest BCUT2D eigenvalue weighted by atomic mass is 10.1. The van der Waals surface area contributed by atoms with E-state index >= 15 is 0 Å². The van der Waals surface area contributed by atoms with E-state index in [1.807, 2.05) is 12.1 Å². The van der Waals surface area contributed by atoms with Gasteiger partial charge in [0.25, 0.3) is 0 Å². The Hall–Kier alpha value is -1.25. The van der Waals surface area contributed by atoms with Crippen molar-refractivity contribution in [3.05, 3.63) is 18.3 Å². The minimum atomic E-state index is 0.610. The van der Waals surface area contributed by atoms with Crippen molar-refractivity contribution in [2.45, 2.75) is 20.3 Å². The predicted octanol–water partition coefficient (Wildman–Crippen LogP) is 2.15. The van der Waals surface area contributed by atoms with Crippen molar-refractivity contribution in [1.82, 2.24) is 4.98 Å². The van der Waals surface area contributed by atoms with Gasteiger partial charge in [-0.3, -0.25) is 0 Å². The van der Waals surface area contributed by atoms with Gasteiger partial charge in [-0.15, -0.1) is 0 Å². The molecule has 78 valence electrons. The zero-order chi connectivity index (χ0) is 10.6. The van der Waals surface area contributed by atoms with Gasteiger partial charge in [0.15, 0.2) is 0 Å². The summed E-state index contributed by atoms with van der Waals surface area (Å²) in [6, 6.07) is 3.92. The van der Waals surface area contributed by atoms with Crippen LogP contribution in [0.2, 0.25) is 0 Å². The first kappa shape index (κ1) is 10.8. The fourth-order valence-corrected chi connectivity index (χ4v) is 1.30. The second-order valence-corrected chi connectivity index (χ2v) is 4.01. The normalized spacial score (nSPS) is 10.6. The summed E-state index contributed by atoms with van der Waals surface area (Å²) in [6.45, 7) is 5.47. The van der Waals surface area contributed by atoms with Gasteiger partial charge in [-0.05, 0) is 24.5 Å². The highest BCUT2D eigenvalue weighted by molar-refractivity contribution is 5.62. The molecular weight excluding hydrogens is 174 g/mol. The number of rotatable bonds is 4. The standard InChI is InChI=1S/C11H19N3/c1-9(2)6-8-14(3)10-5-4-7-13-11(10)12/h4-5,7,9H,6,8H2,1-3H3,(H2,12,13). The zero-order valence-corrected chi connectivity index (χ0v) is 9.20. The summed E-state index contributed by atoms with van der Waals surface area (Å²) >= 11 is 0. The number of anilines is 2. The molecule has 0 unspecified atom stereocenters. The monoisotopic (exact) mass is 193 g/mol. The first-order valence-electron chi connectivity index (χ1n) is 5.03. The molecule has 0 radical (unpaired) electrons. The van der Waals surface area contributed by atoms with Crippen molar-refractivity contribution >= 4 is 11.5 Å². The van der Waals surface area contributed by atoms with Gasteiger partial charge < -0.3 is 10.6 Å². The lowest BCUT2D eigenvalue weighted by Gasteiger charge is -2.21. The average Bonchev–Trinajstić information content (AvgIpc) is 2.15. The van der Waals surface area contributed by atoms with Crippen LogP contribution in [0.5, 0.6) is 0 Å². The molecule has 0 spiro atoms. The van der Waals surface area contributed by atoms with E-state index < -0.39 is 0 Å². The van der Waals surface area contributed by atoms with Gasteiger partial charge in [-0.1, -0.05) is 13.8 Å². The second-order valence-electron chi connectivity index (χ2n) is 4.01. The van der Waals surface area contributed by atoms with E-state index in [9.17, 15) is 0 Å². The number of aromatic nitrogens is 1. The molecule has 0 aliphatic rings. The zero-order valence-electron chi connectivity index (χ0n) is 9.20. The molecule has 0 aliphatic carbocycles. The minimum Gasteiger partial charge on any atom is -0.382 e. The van der Waals surface area contributed by atoms with Crippen LogP contribution >= 0.6 is 0 Å². The van der Waals surface area contributed by atoms with Crippen LogP contribution in [0.4, 0.5) is 11.5 Å². The molecule has 0 fully saturated rings. The fourth-order valence-electron chi connectivity index (χ4n) is 1.30. The molecule has 1 aromatic heterocycles. The number of pyridine rings is 1. The first-order chi connectivity index (χ1) is 6.61. The van der Waals surface area contributed by atoms with Crippen LogP contribution in [0.1, 0.15) is 20.3 Å². The molecular formula is C11H19N3. The lowest BCUT2D eigenvalue weighted by Crippen LogP contribution is -2.21.